The molecule has 11 heavy (non-hydrogen) atoms. The number of nitrogens with zero attached hydrogens (tertiary/aromatic N) is 1. The maximum Gasteiger partial charge on any atom is 0.0601 e. The molecule has 0 aromatic rings. The third-order valence-electron chi connectivity index (χ3n) is 1.37. The van der Waals surface area contributed by atoms with E-state index in [1.54, 1.807) is 0 Å². The van der Waals surface area contributed by atoms with Crippen LogP contribution in [-0.2, 0) is 0 Å². The van der Waals surface area contributed by atoms with Crippen molar-refractivity contribution in [3.8, 4) is 11.8 Å². The fourth-order valence-electron chi connectivity index (χ4n) is 0.638. The first kappa shape index (κ1) is 13.1. The Labute approximate surface area is 71.8 Å². The molecule has 0 unspecified atom stereocenters. The van der Waals surface area contributed by atoms with Crippen LogP contribution in [-0.4, -0.2) is 24.5 Å². The van der Waals surface area contributed by atoms with Gasteiger partial charge in [-0.05, 0) is 20.0 Å². The Morgan fingerprint density at radius 3 is 1.82 bits per heavy atom. The molecule has 0 aliphatic heterocycles. The van der Waals surface area contributed by atoms with Gasteiger partial charge in [0, 0.05) is 0 Å². The van der Waals surface area contributed by atoms with Crippen molar-refractivity contribution in [2.75, 3.05) is 19.6 Å². The van der Waals surface area contributed by atoms with Crippen LogP contribution in [0.3, 0.4) is 0 Å². The summed E-state index contributed by atoms with van der Waals surface area (Å²) in [7, 11) is 0. The summed E-state index contributed by atoms with van der Waals surface area (Å²) in [6, 6.07) is 0. The van der Waals surface area contributed by atoms with Crippen LogP contribution in [0.5, 0.6) is 0 Å². The predicted molar refractivity (Wildman–Crippen MR) is 52.6 cm³/mol. The van der Waals surface area contributed by atoms with Crippen LogP contribution >= 0.6 is 0 Å². The van der Waals surface area contributed by atoms with E-state index in [1.807, 2.05) is 20.8 Å². The van der Waals surface area contributed by atoms with Crippen LogP contribution in [0.25, 0.3) is 0 Å². The smallest absolute Gasteiger partial charge is 0.0601 e. The Morgan fingerprint density at radius 2 is 1.55 bits per heavy atom. The van der Waals surface area contributed by atoms with E-state index in [9.17, 15) is 0 Å². The molecule has 0 aliphatic rings. The van der Waals surface area contributed by atoms with E-state index in [-0.39, 0.29) is 0 Å². The maximum absolute atomic E-state index is 3.03. The highest BCUT2D eigenvalue weighted by molar-refractivity contribution is 4.97. The molecule has 0 aliphatic carbocycles. The summed E-state index contributed by atoms with van der Waals surface area (Å²) < 4.78 is 0. The second-order valence-corrected chi connectivity index (χ2v) is 1.89. The average molecular weight is 155 g/mol. The van der Waals surface area contributed by atoms with Crippen LogP contribution in [0.15, 0.2) is 0 Å². The Hall–Kier alpha value is -0.480. The Bertz CT molecular complexity index is 104. The summed E-state index contributed by atoms with van der Waals surface area (Å²) in [5, 5.41) is 0. The fraction of sp³-hybridized carbons (Fsp3) is 0.800. The highest BCUT2D eigenvalue weighted by atomic mass is 15.1. The van der Waals surface area contributed by atoms with Crippen LogP contribution in [0, 0.1) is 11.8 Å². The lowest BCUT2D eigenvalue weighted by Gasteiger charge is -2.12. The molecule has 0 saturated heterocycles. The first-order chi connectivity index (χ1) is 5.35. The molecule has 0 rings (SSSR count). The quantitative estimate of drug-likeness (QED) is 0.566. The van der Waals surface area contributed by atoms with E-state index in [0.717, 1.165) is 19.6 Å². The summed E-state index contributed by atoms with van der Waals surface area (Å²) in [5.41, 5.74) is 0. The van der Waals surface area contributed by atoms with Gasteiger partial charge in [0.2, 0.25) is 0 Å². The van der Waals surface area contributed by atoms with Crippen molar-refractivity contribution >= 4 is 0 Å². The molecule has 66 valence electrons. The van der Waals surface area contributed by atoms with Gasteiger partial charge in [-0.1, -0.05) is 33.6 Å². The molecule has 0 N–H and O–H groups in total. The number of hydrogen-bond acceptors (Lipinski definition) is 1. The second-order valence-electron chi connectivity index (χ2n) is 1.89. The largest absolute Gasteiger partial charge is 0.293 e. The van der Waals surface area contributed by atoms with E-state index in [2.05, 4.69) is 30.6 Å². The SMILES string of the molecule is CC.CC#CCN(CC)CC. The zero-order valence-electron chi connectivity index (χ0n) is 8.57. The van der Waals surface area contributed by atoms with Gasteiger partial charge in [-0.25, -0.2) is 0 Å². The van der Waals surface area contributed by atoms with Gasteiger partial charge in [-0.3, -0.25) is 4.90 Å². The van der Waals surface area contributed by atoms with E-state index in [1.165, 1.54) is 0 Å². The lowest BCUT2D eigenvalue weighted by atomic mass is 10.5. The Balaban J connectivity index is 0. The molecular formula is C10H21N. The van der Waals surface area contributed by atoms with Crippen molar-refractivity contribution < 1.29 is 0 Å². The normalized spacial score (nSPS) is 7.82. The zero-order chi connectivity index (χ0) is 9.11. The van der Waals surface area contributed by atoms with Gasteiger partial charge in [0.25, 0.3) is 0 Å². The first-order valence-corrected chi connectivity index (χ1v) is 4.47. The topological polar surface area (TPSA) is 3.24 Å². The van der Waals surface area contributed by atoms with Crippen molar-refractivity contribution in [1.29, 1.82) is 0 Å². The minimum atomic E-state index is 0.920. The minimum absolute atomic E-state index is 0.920. The van der Waals surface area contributed by atoms with Crippen molar-refractivity contribution in [1.82, 2.24) is 4.90 Å². The molecule has 1 nitrogen and oxygen atoms in total. The predicted octanol–water partition coefficient (Wildman–Crippen LogP) is 2.38. The standard InChI is InChI=1S/C8H15N.C2H6/c1-4-7-8-9(5-2)6-3;1-2/h5-6,8H2,1-3H3;1-2H3. The van der Waals surface area contributed by atoms with Gasteiger partial charge >= 0.3 is 0 Å². The molecule has 0 fully saturated rings. The summed E-state index contributed by atoms with van der Waals surface area (Å²) in [6.07, 6.45) is 0. The first-order valence-electron chi connectivity index (χ1n) is 4.47. The summed E-state index contributed by atoms with van der Waals surface area (Å²) in [4.78, 5) is 2.29. The fourth-order valence-corrected chi connectivity index (χ4v) is 0.638. The van der Waals surface area contributed by atoms with Crippen LogP contribution in [0.1, 0.15) is 34.6 Å². The second kappa shape index (κ2) is 12.2. The molecule has 0 radical (unpaired) electrons. The number of hydrogen-bond donors (Lipinski definition) is 0. The molecule has 0 heterocycles. The van der Waals surface area contributed by atoms with Crippen LogP contribution in [0.2, 0.25) is 0 Å². The van der Waals surface area contributed by atoms with Gasteiger partial charge in [0.1, 0.15) is 0 Å². The van der Waals surface area contributed by atoms with Crippen molar-refractivity contribution in [2.45, 2.75) is 34.6 Å². The van der Waals surface area contributed by atoms with Gasteiger partial charge in [0.05, 0.1) is 6.54 Å². The molecule has 1 heteroatoms. The van der Waals surface area contributed by atoms with Gasteiger partial charge in [-0.2, -0.15) is 0 Å². The molecule has 0 bridgehead atoms. The summed E-state index contributed by atoms with van der Waals surface area (Å²) in [5.74, 6) is 5.90. The molecule has 0 saturated carbocycles. The van der Waals surface area contributed by atoms with Crippen LogP contribution in [0.4, 0.5) is 0 Å². The molecule has 0 atom stereocenters. The zero-order valence-corrected chi connectivity index (χ0v) is 8.57. The third-order valence-corrected chi connectivity index (χ3v) is 1.37. The Kier molecular flexibility index (Phi) is 14.6. The molecule has 0 amide bonds. The minimum Gasteiger partial charge on any atom is -0.293 e. The summed E-state index contributed by atoms with van der Waals surface area (Å²) >= 11 is 0. The van der Waals surface area contributed by atoms with Crippen molar-refractivity contribution in [3.63, 3.8) is 0 Å². The monoisotopic (exact) mass is 155 g/mol. The van der Waals surface area contributed by atoms with E-state index < -0.39 is 0 Å². The van der Waals surface area contributed by atoms with E-state index >= 15 is 0 Å². The molecule has 0 aromatic heterocycles. The van der Waals surface area contributed by atoms with E-state index in [0.29, 0.717) is 0 Å². The maximum atomic E-state index is 3.03. The van der Waals surface area contributed by atoms with Crippen molar-refractivity contribution in [2.24, 2.45) is 0 Å². The van der Waals surface area contributed by atoms with Crippen molar-refractivity contribution in [3.05, 3.63) is 0 Å². The lowest BCUT2D eigenvalue weighted by molar-refractivity contribution is 0.342. The molecular weight excluding hydrogens is 134 g/mol. The third kappa shape index (κ3) is 9.52. The highest BCUT2D eigenvalue weighted by Crippen LogP contribution is 1.82. The van der Waals surface area contributed by atoms with Gasteiger partial charge < -0.3 is 0 Å². The van der Waals surface area contributed by atoms with Gasteiger partial charge in [-0.15, -0.1) is 5.92 Å². The van der Waals surface area contributed by atoms with E-state index in [4.69, 9.17) is 0 Å². The molecule has 0 spiro atoms. The van der Waals surface area contributed by atoms with Gasteiger partial charge in [0.15, 0.2) is 0 Å². The Morgan fingerprint density at radius 1 is 1.09 bits per heavy atom. The molecule has 0 aromatic carbocycles. The average Bonchev–Trinajstić information content (AvgIpc) is 2.10. The number of rotatable bonds is 3. The highest BCUT2D eigenvalue weighted by Gasteiger charge is 1.91. The summed E-state index contributed by atoms with van der Waals surface area (Å²) in [6.45, 7) is 13.3. The lowest BCUT2D eigenvalue weighted by Crippen LogP contribution is -2.22. The van der Waals surface area contributed by atoms with Crippen LogP contribution < -0.4 is 0 Å².